The predicted molar refractivity (Wildman–Crippen MR) is 96.5 cm³/mol. The highest BCUT2D eigenvalue weighted by Gasteiger charge is 2.27. The number of amides is 1. The molecule has 140 valence electrons. The van der Waals surface area contributed by atoms with E-state index in [2.05, 4.69) is 5.43 Å². The second-order valence-corrected chi connectivity index (χ2v) is 8.30. The monoisotopic (exact) mass is 368 g/mol. The maximum Gasteiger partial charge on any atom is 0.259 e. The number of nitrogens with zero attached hydrogens (tertiary/aromatic N) is 1. The molecule has 0 saturated heterocycles. The quantitative estimate of drug-likeness (QED) is 0.716. The molecule has 7 heteroatoms. The molecule has 1 amide bonds. The molecule has 1 aromatic carbocycles. The van der Waals surface area contributed by atoms with Gasteiger partial charge in [0.15, 0.2) is 0 Å². The van der Waals surface area contributed by atoms with Gasteiger partial charge in [-0.2, -0.15) is 0 Å². The Morgan fingerprint density at radius 3 is 2.40 bits per heavy atom. The van der Waals surface area contributed by atoms with E-state index in [0.29, 0.717) is 18.2 Å². The van der Waals surface area contributed by atoms with Crippen molar-refractivity contribution in [3.05, 3.63) is 24.3 Å². The molecule has 25 heavy (non-hydrogen) atoms. The van der Waals surface area contributed by atoms with Crippen LogP contribution in [-0.2, 0) is 14.8 Å². The Balaban J connectivity index is 2.14. The van der Waals surface area contributed by atoms with Gasteiger partial charge in [0.1, 0.15) is 5.75 Å². The zero-order valence-electron chi connectivity index (χ0n) is 15.0. The van der Waals surface area contributed by atoms with Crippen LogP contribution < -0.4 is 10.2 Å². The fourth-order valence-electron chi connectivity index (χ4n) is 3.10. The molecule has 0 atom stereocenters. The van der Waals surface area contributed by atoms with E-state index in [0.717, 1.165) is 23.7 Å². The van der Waals surface area contributed by atoms with E-state index in [4.69, 9.17) is 4.74 Å². The number of rotatable bonds is 8. The van der Waals surface area contributed by atoms with Gasteiger partial charge in [0.25, 0.3) is 10.0 Å². The Bertz CT molecular complexity index is 652. The Hall–Kier alpha value is -1.60. The largest absolute Gasteiger partial charge is 0.497 e. The highest BCUT2D eigenvalue weighted by Crippen LogP contribution is 2.27. The Morgan fingerprint density at radius 2 is 1.84 bits per heavy atom. The summed E-state index contributed by atoms with van der Waals surface area (Å²) in [5.41, 5.74) is 2.55. The van der Waals surface area contributed by atoms with Crippen LogP contribution in [0.5, 0.6) is 5.75 Å². The van der Waals surface area contributed by atoms with Crippen molar-refractivity contribution in [1.82, 2.24) is 9.84 Å². The number of carbonyl (C=O) groups excluding carboxylic acids is 1. The summed E-state index contributed by atoms with van der Waals surface area (Å²) in [4.78, 5) is 12.0. The summed E-state index contributed by atoms with van der Waals surface area (Å²) in [6.07, 6.45) is 6.94. The van der Waals surface area contributed by atoms with Gasteiger partial charge in [-0.3, -0.25) is 10.2 Å². The Kier molecular flexibility index (Phi) is 7.25. The van der Waals surface area contributed by atoms with Gasteiger partial charge in [-0.1, -0.05) is 39.0 Å². The van der Waals surface area contributed by atoms with E-state index in [1.54, 1.807) is 19.1 Å². The molecule has 1 N–H and O–H groups in total. The van der Waals surface area contributed by atoms with Gasteiger partial charge in [0.2, 0.25) is 5.91 Å². The van der Waals surface area contributed by atoms with E-state index in [-0.39, 0.29) is 17.2 Å². The molecule has 0 radical (unpaired) electrons. The van der Waals surface area contributed by atoms with Gasteiger partial charge in [-0.25, -0.2) is 8.42 Å². The highest BCUT2D eigenvalue weighted by molar-refractivity contribution is 7.89. The fourth-order valence-corrected chi connectivity index (χ4v) is 4.41. The highest BCUT2D eigenvalue weighted by atomic mass is 32.2. The number of nitrogens with one attached hydrogen (secondary N) is 1. The normalized spacial score (nSPS) is 16.0. The molecule has 0 aromatic heterocycles. The molecule has 2 rings (SSSR count). The van der Waals surface area contributed by atoms with Gasteiger partial charge >= 0.3 is 0 Å². The molecule has 1 fully saturated rings. The number of carbonyl (C=O) groups is 1. The smallest absolute Gasteiger partial charge is 0.259 e. The predicted octanol–water partition coefficient (Wildman–Crippen LogP) is 3.10. The van der Waals surface area contributed by atoms with Gasteiger partial charge in [-0.05, 0) is 36.6 Å². The lowest BCUT2D eigenvalue weighted by molar-refractivity contribution is -0.123. The van der Waals surface area contributed by atoms with E-state index < -0.39 is 10.0 Å². The van der Waals surface area contributed by atoms with Crippen molar-refractivity contribution in [1.29, 1.82) is 0 Å². The van der Waals surface area contributed by atoms with E-state index in [9.17, 15) is 13.2 Å². The molecule has 1 aliphatic rings. The van der Waals surface area contributed by atoms with Crippen molar-refractivity contribution in [2.75, 3.05) is 13.7 Å². The van der Waals surface area contributed by atoms with Crippen LogP contribution >= 0.6 is 0 Å². The molecule has 1 aromatic rings. The number of hydrogen-bond donors (Lipinski definition) is 1. The standard InChI is InChI=1S/C18H28N2O4S/c1-3-18(21)19-20(14-13-15-7-5-4-6-8-15)25(22,23)17-11-9-16(24-2)10-12-17/h9-12,15H,3-8,13-14H2,1-2H3,(H,19,21). The van der Waals surface area contributed by atoms with E-state index in [1.165, 1.54) is 38.5 Å². The average Bonchev–Trinajstić information content (AvgIpc) is 2.65. The minimum absolute atomic E-state index is 0.147. The first kappa shape index (κ1) is 19.7. The van der Waals surface area contributed by atoms with Crippen LogP contribution in [0.2, 0.25) is 0 Å². The zero-order chi connectivity index (χ0) is 18.3. The van der Waals surface area contributed by atoms with Crippen LogP contribution in [-0.4, -0.2) is 32.4 Å². The molecular formula is C18H28N2O4S. The van der Waals surface area contributed by atoms with Gasteiger partial charge < -0.3 is 4.74 Å². The van der Waals surface area contributed by atoms with Crippen molar-refractivity contribution in [3.63, 3.8) is 0 Å². The Labute approximate surface area is 150 Å². The third kappa shape index (κ3) is 5.44. The number of sulfonamides is 1. The maximum absolute atomic E-state index is 12.9. The first-order valence-corrected chi connectivity index (χ1v) is 10.4. The van der Waals surface area contributed by atoms with Crippen molar-refractivity contribution < 1.29 is 17.9 Å². The summed E-state index contributed by atoms with van der Waals surface area (Å²) >= 11 is 0. The summed E-state index contributed by atoms with van der Waals surface area (Å²) in [6.45, 7) is 2.00. The van der Waals surface area contributed by atoms with Crippen LogP contribution in [0.4, 0.5) is 0 Å². The van der Waals surface area contributed by atoms with Crippen LogP contribution in [0.15, 0.2) is 29.2 Å². The van der Waals surface area contributed by atoms with Crippen LogP contribution in [0.1, 0.15) is 51.9 Å². The molecule has 0 bridgehead atoms. The van der Waals surface area contributed by atoms with Crippen LogP contribution in [0.3, 0.4) is 0 Å². The Morgan fingerprint density at radius 1 is 1.20 bits per heavy atom. The number of hydrazine groups is 1. The lowest BCUT2D eigenvalue weighted by atomic mass is 9.87. The van der Waals surface area contributed by atoms with Crippen LogP contribution in [0.25, 0.3) is 0 Å². The summed E-state index contributed by atoms with van der Waals surface area (Å²) in [5.74, 6) is 0.812. The van der Waals surface area contributed by atoms with E-state index in [1.807, 2.05) is 0 Å². The van der Waals surface area contributed by atoms with Crippen LogP contribution in [0, 0.1) is 5.92 Å². The summed E-state index contributed by atoms with van der Waals surface area (Å²) in [5, 5.41) is 0. The first-order chi connectivity index (χ1) is 12.0. The van der Waals surface area contributed by atoms with Crippen molar-refractivity contribution >= 4 is 15.9 Å². The van der Waals surface area contributed by atoms with Gasteiger partial charge in [0, 0.05) is 13.0 Å². The third-order valence-corrected chi connectivity index (χ3v) is 6.41. The second kappa shape index (κ2) is 9.20. The van der Waals surface area contributed by atoms with Gasteiger partial charge in [-0.15, -0.1) is 4.41 Å². The lowest BCUT2D eigenvalue weighted by Crippen LogP contribution is -2.46. The van der Waals surface area contributed by atoms with Crippen molar-refractivity contribution in [3.8, 4) is 5.75 Å². The SMILES string of the molecule is CCC(=O)NN(CCC1CCCCC1)S(=O)(=O)c1ccc(OC)cc1. The zero-order valence-corrected chi connectivity index (χ0v) is 15.8. The molecule has 6 nitrogen and oxygen atoms in total. The van der Waals surface area contributed by atoms with Crippen molar-refractivity contribution in [2.24, 2.45) is 5.92 Å². The third-order valence-electron chi connectivity index (χ3n) is 4.68. The molecular weight excluding hydrogens is 340 g/mol. The molecule has 0 unspecified atom stereocenters. The first-order valence-electron chi connectivity index (χ1n) is 8.93. The molecule has 0 heterocycles. The number of methoxy groups -OCH3 is 1. The topological polar surface area (TPSA) is 75.7 Å². The number of benzene rings is 1. The summed E-state index contributed by atoms with van der Waals surface area (Å²) < 4.78 is 32.0. The van der Waals surface area contributed by atoms with Gasteiger partial charge in [0.05, 0.1) is 12.0 Å². The number of ether oxygens (including phenoxy) is 1. The number of hydrogen-bond acceptors (Lipinski definition) is 4. The van der Waals surface area contributed by atoms with Crippen molar-refractivity contribution in [2.45, 2.75) is 56.8 Å². The minimum Gasteiger partial charge on any atom is -0.497 e. The molecule has 1 aliphatic carbocycles. The second-order valence-electron chi connectivity index (χ2n) is 6.43. The molecule has 0 spiro atoms. The minimum atomic E-state index is -3.79. The molecule has 0 aliphatic heterocycles. The van der Waals surface area contributed by atoms with E-state index >= 15 is 0 Å². The fraction of sp³-hybridized carbons (Fsp3) is 0.611. The maximum atomic E-state index is 12.9. The molecule has 1 saturated carbocycles. The summed E-state index contributed by atoms with van der Waals surface area (Å²) in [7, 11) is -2.26. The lowest BCUT2D eigenvalue weighted by Gasteiger charge is -2.27. The summed E-state index contributed by atoms with van der Waals surface area (Å²) in [6, 6.07) is 6.21. The average molecular weight is 368 g/mol.